The number of hydrogen-bond donors (Lipinski definition) is 3. The van der Waals surface area contributed by atoms with Crippen LogP contribution in [0.4, 0.5) is 18.9 Å². The smallest absolute Gasteiger partial charge is 0.252 e. The number of aliphatic hydroxyl groups excluding tert-OH is 1. The fourth-order valence-electron chi connectivity index (χ4n) is 5.20. The molecule has 1 saturated heterocycles. The van der Waals surface area contributed by atoms with E-state index in [1.165, 1.54) is 18.0 Å². The Hall–Kier alpha value is -3.05. The van der Waals surface area contributed by atoms with E-state index in [-0.39, 0.29) is 49.8 Å². The molecule has 2 heterocycles. The van der Waals surface area contributed by atoms with Gasteiger partial charge in [-0.15, -0.1) is 0 Å². The molecule has 2 aromatic rings. The number of nitrogens with one attached hydrogen (secondary N) is 2. The van der Waals surface area contributed by atoms with Gasteiger partial charge in [-0.1, -0.05) is 32.9 Å². The average Bonchev–Trinajstić information content (AvgIpc) is 3.31. The third-order valence-electron chi connectivity index (χ3n) is 7.66. The Morgan fingerprint density at radius 1 is 1.10 bits per heavy atom. The van der Waals surface area contributed by atoms with Gasteiger partial charge in [0.1, 0.15) is 0 Å². The Morgan fingerprint density at radius 3 is 2.28 bits per heavy atom. The summed E-state index contributed by atoms with van der Waals surface area (Å²) in [4.78, 5) is 37.2. The fourth-order valence-corrected chi connectivity index (χ4v) is 5.20. The molecule has 3 atom stereocenters. The first-order valence-corrected chi connectivity index (χ1v) is 13.2. The van der Waals surface area contributed by atoms with Crippen LogP contribution < -0.4 is 15.5 Å². The number of amides is 2. The lowest BCUT2D eigenvalue weighted by atomic mass is 9.86. The highest BCUT2D eigenvalue weighted by atomic mass is 19.3. The summed E-state index contributed by atoms with van der Waals surface area (Å²) in [5.74, 6) is -4.93. The van der Waals surface area contributed by atoms with Crippen LogP contribution in [-0.4, -0.2) is 57.5 Å². The highest BCUT2D eigenvalue weighted by molar-refractivity contribution is 6.06. The number of carbonyl (C=O) groups excluding carboxylic acids is 2. The Morgan fingerprint density at radius 2 is 1.74 bits per heavy atom. The first-order valence-electron chi connectivity index (χ1n) is 13.2. The second-order valence-corrected chi connectivity index (χ2v) is 11.7. The second-order valence-electron chi connectivity index (χ2n) is 11.7. The molecule has 2 fully saturated rings. The van der Waals surface area contributed by atoms with E-state index >= 15 is 0 Å². The van der Waals surface area contributed by atoms with Crippen LogP contribution in [0.5, 0.6) is 0 Å². The zero-order valence-corrected chi connectivity index (χ0v) is 22.7. The van der Waals surface area contributed by atoms with Gasteiger partial charge in [-0.3, -0.25) is 19.5 Å². The predicted octanol–water partition coefficient (Wildman–Crippen LogP) is 3.58. The van der Waals surface area contributed by atoms with Gasteiger partial charge in [0.2, 0.25) is 17.8 Å². The van der Waals surface area contributed by atoms with Crippen molar-refractivity contribution < 1.29 is 27.9 Å². The molecular weight excluding hydrogens is 511 g/mol. The third-order valence-corrected chi connectivity index (χ3v) is 7.66. The van der Waals surface area contributed by atoms with Gasteiger partial charge in [-0.05, 0) is 49.3 Å². The zero-order chi connectivity index (χ0) is 28.6. The summed E-state index contributed by atoms with van der Waals surface area (Å²) in [6, 6.07) is 5.76. The summed E-state index contributed by atoms with van der Waals surface area (Å²) >= 11 is 0. The normalized spacial score (nSPS) is 23.2. The maximum atomic E-state index is 14.4. The Bertz CT molecular complexity index is 1190. The number of halogens is 3. The Kier molecular flexibility index (Phi) is 8.05. The van der Waals surface area contributed by atoms with E-state index in [4.69, 9.17) is 0 Å². The standard InChI is InChI=1S/C28H36F3N5O3/c1-26(2,3)17-5-7-19(8-6-17)36(24(38)21-13-20(37)14-33-21)27(4,22-15-32-16-23(29)35-22)25(39)34-18-9-11-28(30,31)12-10-18/h5-8,15-16,18,20-21,33,37H,9-14H2,1-4H3,(H,34,39). The molecule has 0 radical (unpaired) electrons. The van der Waals surface area contributed by atoms with Crippen LogP contribution in [0.3, 0.4) is 0 Å². The molecule has 1 aromatic heterocycles. The van der Waals surface area contributed by atoms with Crippen molar-refractivity contribution in [1.82, 2.24) is 20.6 Å². The lowest BCUT2D eigenvalue weighted by molar-refractivity contribution is -0.132. The highest BCUT2D eigenvalue weighted by Crippen LogP contribution is 2.37. The third kappa shape index (κ3) is 6.24. The summed E-state index contributed by atoms with van der Waals surface area (Å²) in [5.41, 5.74) is -0.844. The number of alkyl halides is 2. The van der Waals surface area contributed by atoms with E-state index in [0.29, 0.717) is 5.69 Å². The van der Waals surface area contributed by atoms with Crippen molar-refractivity contribution in [1.29, 1.82) is 0 Å². The number of aromatic nitrogens is 2. The molecule has 0 spiro atoms. The maximum Gasteiger partial charge on any atom is 0.252 e. The second kappa shape index (κ2) is 10.8. The molecule has 39 heavy (non-hydrogen) atoms. The number of hydrogen-bond acceptors (Lipinski definition) is 6. The van der Waals surface area contributed by atoms with Crippen molar-refractivity contribution in [2.24, 2.45) is 0 Å². The summed E-state index contributed by atoms with van der Waals surface area (Å²) in [5, 5.41) is 15.9. The van der Waals surface area contributed by atoms with E-state index in [1.807, 2.05) is 32.9 Å². The minimum atomic E-state index is -2.79. The van der Waals surface area contributed by atoms with Gasteiger partial charge in [-0.2, -0.15) is 4.39 Å². The number of aliphatic hydroxyl groups is 1. The largest absolute Gasteiger partial charge is 0.392 e. The van der Waals surface area contributed by atoms with Crippen molar-refractivity contribution in [3.63, 3.8) is 0 Å². The van der Waals surface area contributed by atoms with Crippen LogP contribution >= 0.6 is 0 Å². The molecule has 212 valence electrons. The van der Waals surface area contributed by atoms with Gasteiger partial charge in [0, 0.05) is 31.1 Å². The number of carbonyl (C=O) groups is 2. The molecule has 2 aliphatic rings. The Labute approximate surface area is 226 Å². The first-order chi connectivity index (χ1) is 18.2. The number of benzene rings is 1. The zero-order valence-electron chi connectivity index (χ0n) is 22.7. The van der Waals surface area contributed by atoms with Gasteiger partial charge >= 0.3 is 0 Å². The molecule has 4 rings (SSSR count). The maximum absolute atomic E-state index is 14.4. The van der Waals surface area contributed by atoms with Crippen LogP contribution in [0.1, 0.15) is 71.1 Å². The molecule has 1 aromatic carbocycles. The van der Waals surface area contributed by atoms with Crippen molar-refractivity contribution >= 4 is 17.5 Å². The molecule has 3 N–H and O–H groups in total. The molecule has 8 nitrogen and oxygen atoms in total. The molecule has 1 saturated carbocycles. The monoisotopic (exact) mass is 547 g/mol. The molecule has 3 unspecified atom stereocenters. The first kappa shape index (κ1) is 28.9. The van der Waals surface area contributed by atoms with E-state index in [2.05, 4.69) is 20.6 Å². The summed E-state index contributed by atoms with van der Waals surface area (Å²) < 4.78 is 41.9. The van der Waals surface area contributed by atoms with Gasteiger partial charge in [0.05, 0.1) is 30.2 Å². The van der Waals surface area contributed by atoms with Crippen LogP contribution in [0.2, 0.25) is 0 Å². The lowest BCUT2D eigenvalue weighted by Gasteiger charge is -2.42. The van der Waals surface area contributed by atoms with Gasteiger partial charge in [-0.25, -0.2) is 13.8 Å². The minimum Gasteiger partial charge on any atom is -0.392 e. The lowest BCUT2D eigenvalue weighted by Crippen LogP contribution is -2.62. The fraction of sp³-hybridized carbons (Fsp3) is 0.571. The van der Waals surface area contributed by atoms with Gasteiger partial charge in [0.25, 0.3) is 5.91 Å². The SMILES string of the molecule is CC(C)(C)c1ccc(N(C(=O)C2CC(O)CN2)C(C)(C(=O)NC2CCC(F)(F)CC2)c2cncc(F)n2)cc1. The Balaban J connectivity index is 1.81. The molecule has 0 bridgehead atoms. The minimum absolute atomic E-state index is 0.0637. The van der Waals surface area contributed by atoms with E-state index in [0.717, 1.165) is 11.8 Å². The van der Waals surface area contributed by atoms with Gasteiger partial charge in [0.15, 0.2) is 5.54 Å². The highest BCUT2D eigenvalue weighted by Gasteiger charge is 2.50. The predicted molar refractivity (Wildman–Crippen MR) is 140 cm³/mol. The molecule has 1 aliphatic heterocycles. The van der Waals surface area contributed by atoms with E-state index in [9.17, 15) is 27.9 Å². The van der Waals surface area contributed by atoms with Crippen molar-refractivity contribution in [2.45, 2.75) is 94.9 Å². The van der Waals surface area contributed by atoms with Crippen molar-refractivity contribution in [3.8, 4) is 0 Å². The van der Waals surface area contributed by atoms with E-state index < -0.39 is 47.4 Å². The van der Waals surface area contributed by atoms with Crippen molar-refractivity contribution in [3.05, 3.63) is 53.9 Å². The topological polar surface area (TPSA) is 107 Å². The summed E-state index contributed by atoms with van der Waals surface area (Å²) in [7, 11) is 0. The number of nitrogens with zero attached hydrogens (tertiary/aromatic N) is 3. The quantitative estimate of drug-likeness (QED) is 0.511. The summed E-state index contributed by atoms with van der Waals surface area (Å²) in [6.45, 7) is 7.78. The van der Waals surface area contributed by atoms with Gasteiger partial charge < -0.3 is 15.7 Å². The van der Waals surface area contributed by atoms with Crippen LogP contribution in [0.25, 0.3) is 0 Å². The van der Waals surface area contributed by atoms with Crippen LogP contribution in [-0.2, 0) is 20.5 Å². The molecule has 1 aliphatic carbocycles. The van der Waals surface area contributed by atoms with Crippen LogP contribution in [0, 0.1) is 5.95 Å². The number of rotatable bonds is 6. The molecule has 11 heteroatoms. The molecule has 2 amide bonds. The van der Waals surface area contributed by atoms with Crippen LogP contribution in [0.15, 0.2) is 36.7 Å². The average molecular weight is 548 g/mol. The number of anilines is 1. The summed E-state index contributed by atoms with van der Waals surface area (Å²) in [6.07, 6.45) is 0.886. The molecular formula is C28H36F3N5O3. The van der Waals surface area contributed by atoms with Crippen molar-refractivity contribution in [2.75, 3.05) is 11.4 Å². The van der Waals surface area contributed by atoms with E-state index in [1.54, 1.807) is 12.1 Å². The number of β-amino-alcohol motifs (C(OH)–C–C–N with tert-alkyl or cyclic N) is 1.